The van der Waals surface area contributed by atoms with Gasteiger partial charge in [0.15, 0.2) is 5.65 Å². The van der Waals surface area contributed by atoms with E-state index in [2.05, 4.69) is 15.1 Å². The van der Waals surface area contributed by atoms with E-state index in [-0.39, 0.29) is 5.95 Å². The first-order valence-electron chi connectivity index (χ1n) is 10.6. The van der Waals surface area contributed by atoms with Crippen molar-refractivity contribution < 1.29 is 46.9 Å². The fourth-order valence-electron chi connectivity index (χ4n) is 2.48. The third-order valence-electron chi connectivity index (χ3n) is 3.94. The molecule has 0 aliphatic carbocycles. The van der Waals surface area contributed by atoms with Crippen LogP contribution in [0.2, 0.25) is 0 Å². The topological polar surface area (TPSA) is 185 Å². The maximum Gasteiger partial charge on any atom is 0.510 e. The lowest BCUT2D eigenvalue weighted by molar-refractivity contribution is -0.0364. The number of aromatic nitrogens is 4. The van der Waals surface area contributed by atoms with E-state index < -0.39 is 58.2 Å². The zero-order valence-corrected chi connectivity index (χ0v) is 21.0. The van der Waals surface area contributed by atoms with Crippen molar-refractivity contribution >= 4 is 31.5 Å². The van der Waals surface area contributed by atoms with Gasteiger partial charge in [0, 0.05) is 12.0 Å². The third kappa shape index (κ3) is 9.64. The summed E-state index contributed by atoms with van der Waals surface area (Å²) in [6.45, 7) is 6.73. The predicted octanol–water partition coefficient (Wildman–Crippen LogP) is 2.88. The Labute approximate surface area is 201 Å². The number of fused-ring (bicyclic) bond motifs is 1. The van der Waals surface area contributed by atoms with E-state index in [0.29, 0.717) is 17.6 Å². The molecule has 0 saturated heterocycles. The summed E-state index contributed by atoms with van der Waals surface area (Å²) in [6.07, 6.45) is -0.728. The van der Waals surface area contributed by atoms with E-state index >= 15 is 0 Å². The van der Waals surface area contributed by atoms with Crippen LogP contribution < -0.4 is 5.73 Å². The van der Waals surface area contributed by atoms with Crippen LogP contribution in [0.5, 0.6) is 0 Å². The smallest absolute Gasteiger partial charge is 0.432 e. The van der Waals surface area contributed by atoms with Crippen molar-refractivity contribution in [1.82, 2.24) is 19.6 Å². The van der Waals surface area contributed by atoms with Crippen LogP contribution in [0.3, 0.4) is 0 Å². The summed E-state index contributed by atoms with van der Waals surface area (Å²) in [7, 11) is -4.05. The third-order valence-corrected chi connectivity index (χ3v) is 5.41. The lowest BCUT2D eigenvalue weighted by Crippen LogP contribution is -2.19. The largest absolute Gasteiger partial charge is 0.510 e. The number of nitrogen functional groups attached to an aromatic ring is 1. The summed E-state index contributed by atoms with van der Waals surface area (Å²) in [5.41, 5.74) is 6.97. The molecule has 0 spiro atoms. The predicted molar refractivity (Wildman–Crippen MR) is 119 cm³/mol. The standard InChI is InChI=1S/C19H30N5O10P/c1-12(2)33-18(25)28-9-31-35(27,32-10-29-19(26)34-13(3)4)11-30-14(5)6-15-7-23-24-16(15)21-8-22-17(24)20/h7-8,12-14H,6,9-11H2,1-5H3,(H2,20,21,22)/t14-/m0/s1. The molecule has 1 atom stereocenters. The average Bonchev–Trinajstić information content (AvgIpc) is 3.15. The van der Waals surface area contributed by atoms with Gasteiger partial charge in [-0.2, -0.15) is 9.61 Å². The molecule has 0 fully saturated rings. The van der Waals surface area contributed by atoms with Gasteiger partial charge in [-0.3, -0.25) is 13.6 Å². The normalized spacial score (nSPS) is 12.7. The Morgan fingerprint density at radius 1 is 1.00 bits per heavy atom. The average molecular weight is 519 g/mol. The molecule has 35 heavy (non-hydrogen) atoms. The van der Waals surface area contributed by atoms with Gasteiger partial charge in [0.2, 0.25) is 19.5 Å². The number of hydrogen-bond acceptors (Lipinski definition) is 14. The van der Waals surface area contributed by atoms with Gasteiger partial charge in [0.05, 0.1) is 24.5 Å². The highest BCUT2D eigenvalue weighted by Gasteiger charge is 2.29. The first-order valence-corrected chi connectivity index (χ1v) is 12.3. The molecule has 2 heterocycles. The number of carbonyl (C=O) groups excluding carboxylic acids is 2. The molecule has 2 aromatic heterocycles. The maximum absolute atomic E-state index is 13.1. The fourth-order valence-corrected chi connectivity index (χ4v) is 3.57. The molecule has 2 rings (SSSR count). The number of rotatable bonds is 13. The second-order valence-corrected chi connectivity index (χ2v) is 9.67. The van der Waals surface area contributed by atoms with Crippen molar-refractivity contribution in [2.24, 2.45) is 0 Å². The second-order valence-electron chi connectivity index (χ2n) is 7.67. The summed E-state index contributed by atoms with van der Waals surface area (Å²) >= 11 is 0. The molecule has 2 N–H and O–H groups in total. The van der Waals surface area contributed by atoms with Crippen molar-refractivity contribution in [3.63, 3.8) is 0 Å². The van der Waals surface area contributed by atoms with Crippen molar-refractivity contribution in [1.29, 1.82) is 0 Å². The number of anilines is 1. The van der Waals surface area contributed by atoms with Crippen LogP contribution in [-0.4, -0.2) is 70.1 Å². The highest BCUT2D eigenvalue weighted by Crippen LogP contribution is 2.48. The lowest BCUT2D eigenvalue weighted by Gasteiger charge is -2.20. The van der Waals surface area contributed by atoms with Crippen LogP contribution in [0.4, 0.5) is 15.5 Å². The monoisotopic (exact) mass is 519 g/mol. The molecule has 0 saturated carbocycles. The van der Waals surface area contributed by atoms with Crippen molar-refractivity contribution in [2.75, 3.05) is 25.7 Å². The van der Waals surface area contributed by atoms with Gasteiger partial charge in [0.1, 0.15) is 12.7 Å². The number of carbonyl (C=O) groups is 2. The molecule has 196 valence electrons. The van der Waals surface area contributed by atoms with Crippen molar-refractivity contribution in [3.8, 4) is 0 Å². The molecule has 0 aliphatic rings. The minimum absolute atomic E-state index is 0.174. The Morgan fingerprint density at radius 2 is 1.57 bits per heavy atom. The summed E-state index contributed by atoms with van der Waals surface area (Å²) in [6, 6.07) is 0. The van der Waals surface area contributed by atoms with E-state index in [1.54, 1.807) is 40.8 Å². The van der Waals surface area contributed by atoms with Crippen molar-refractivity contribution in [2.45, 2.75) is 59.4 Å². The highest BCUT2D eigenvalue weighted by molar-refractivity contribution is 7.53. The van der Waals surface area contributed by atoms with Crippen molar-refractivity contribution in [3.05, 3.63) is 18.1 Å². The van der Waals surface area contributed by atoms with Gasteiger partial charge >= 0.3 is 19.9 Å². The summed E-state index contributed by atoms with van der Waals surface area (Å²) in [5, 5.41) is 4.12. The lowest BCUT2D eigenvalue weighted by atomic mass is 10.2. The van der Waals surface area contributed by atoms with Gasteiger partial charge in [-0.1, -0.05) is 0 Å². The van der Waals surface area contributed by atoms with E-state index in [1.165, 1.54) is 10.8 Å². The zero-order chi connectivity index (χ0) is 26.0. The molecule has 0 aliphatic heterocycles. The summed E-state index contributed by atoms with van der Waals surface area (Å²) in [5.74, 6) is 0.174. The number of ether oxygens (including phenoxy) is 5. The van der Waals surface area contributed by atoms with Gasteiger partial charge in [0.25, 0.3) is 0 Å². The molecule has 0 aromatic carbocycles. The van der Waals surface area contributed by atoms with Gasteiger partial charge < -0.3 is 29.4 Å². The second kappa shape index (κ2) is 13.2. The van der Waals surface area contributed by atoms with E-state index in [4.69, 9.17) is 38.5 Å². The number of hydrogen-bond donors (Lipinski definition) is 1. The Balaban J connectivity index is 1.95. The SMILES string of the molecule is CC(C)OC(=O)OCOP(=O)(CO[C@@H](C)Cc1cnn2c(N)ncnc12)OCOC(=O)OC(C)C. The molecular formula is C19H30N5O10P. The molecule has 15 nitrogen and oxygen atoms in total. The van der Waals surface area contributed by atoms with E-state index in [1.807, 2.05) is 0 Å². The summed E-state index contributed by atoms with van der Waals surface area (Å²) in [4.78, 5) is 31.0. The molecule has 0 bridgehead atoms. The first kappa shape index (κ1) is 28.2. The molecule has 2 aromatic rings. The highest BCUT2D eigenvalue weighted by atomic mass is 31.2. The van der Waals surface area contributed by atoms with E-state index in [0.717, 1.165) is 0 Å². The Bertz CT molecular complexity index is 999. The molecule has 16 heteroatoms. The van der Waals surface area contributed by atoms with Crippen LogP contribution in [0, 0.1) is 0 Å². The Hall–Kier alpha value is -3.00. The van der Waals surface area contributed by atoms with Crippen LogP contribution in [0.25, 0.3) is 5.65 Å². The Morgan fingerprint density at radius 3 is 2.11 bits per heavy atom. The number of nitrogens with two attached hydrogens (primary N) is 1. The van der Waals surface area contributed by atoms with Gasteiger partial charge in [-0.05, 0) is 34.6 Å². The van der Waals surface area contributed by atoms with Gasteiger partial charge in [-0.25, -0.2) is 19.6 Å². The molecular weight excluding hydrogens is 489 g/mol. The van der Waals surface area contributed by atoms with Crippen LogP contribution >= 0.6 is 7.60 Å². The zero-order valence-electron chi connectivity index (χ0n) is 20.1. The molecule has 0 amide bonds. The quantitative estimate of drug-likeness (QED) is 0.231. The minimum Gasteiger partial charge on any atom is -0.432 e. The molecule has 0 radical (unpaired) electrons. The fraction of sp³-hybridized carbons (Fsp3) is 0.632. The maximum atomic E-state index is 13.1. The van der Waals surface area contributed by atoms with Crippen LogP contribution in [0.15, 0.2) is 12.5 Å². The molecule has 0 unspecified atom stereocenters. The van der Waals surface area contributed by atoms with E-state index in [9.17, 15) is 14.2 Å². The first-order chi connectivity index (χ1) is 16.5. The van der Waals surface area contributed by atoms with Gasteiger partial charge in [-0.15, -0.1) is 0 Å². The van der Waals surface area contributed by atoms with Crippen LogP contribution in [-0.2, 0) is 43.7 Å². The van der Waals surface area contributed by atoms with Crippen LogP contribution in [0.1, 0.15) is 40.2 Å². The Kier molecular flexibility index (Phi) is 10.6. The number of nitrogens with zero attached hydrogens (tertiary/aromatic N) is 4. The minimum atomic E-state index is -4.05. The summed E-state index contributed by atoms with van der Waals surface area (Å²) < 4.78 is 49.4.